The maximum Gasteiger partial charge on any atom is 0.438 e. The number of nitrogens with one attached hydrogen (secondary N) is 1. The van der Waals surface area contributed by atoms with Gasteiger partial charge in [-0.05, 0) is 6.92 Å². The largest absolute Gasteiger partial charge is 0.438 e. The van der Waals surface area contributed by atoms with Crippen molar-refractivity contribution in [2.24, 2.45) is 0 Å². The molecule has 0 saturated carbocycles. The summed E-state index contributed by atoms with van der Waals surface area (Å²) in [6, 6.07) is 0. The zero-order valence-corrected chi connectivity index (χ0v) is 7.89. The van der Waals surface area contributed by atoms with E-state index in [2.05, 4.69) is 14.7 Å². The SMILES string of the molecule is Cc1noc(=O)[nH]1.[K]. The molecular formula is C3H4KN2O2. The molecule has 1 aromatic rings. The molecule has 0 saturated heterocycles. The van der Waals surface area contributed by atoms with E-state index in [0.717, 1.165) is 0 Å². The summed E-state index contributed by atoms with van der Waals surface area (Å²) in [5.41, 5.74) is 0. The summed E-state index contributed by atoms with van der Waals surface area (Å²) in [4.78, 5) is 12.3. The van der Waals surface area contributed by atoms with Gasteiger partial charge >= 0.3 is 5.76 Å². The Morgan fingerprint density at radius 1 is 1.75 bits per heavy atom. The van der Waals surface area contributed by atoms with E-state index in [9.17, 15) is 4.79 Å². The monoisotopic (exact) mass is 139 g/mol. The average Bonchev–Trinajstić information content (AvgIpc) is 1.87. The van der Waals surface area contributed by atoms with Crippen molar-refractivity contribution in [3.63, 3.8) is 0 Å². The van der Waals surface area contributed by atoms with Crippen LogP contribution >= 0.6 is 0 Å². The Bertz CT molecular complexity index is 203. The van der Waals surface area contributed by atoms with Crippen molar-refractivity contribution < 1.29 is 4.52 Å². The molecule has 8 heavy (non-hydrogen) atoms. The van der Waals surface area contributed by atoms with Crippen LogP contribution in [0.5, 0.6) is 0 Å². The van der Waals surface area contributed by atoms with Crippen molar-refractivity contribution in [3.05, 3.63) is 16.4 Å². The fourth-order valence-electron chi connectivity index (χ4n) is 0.303. The second-order valence-corrected chi connectivity index (χ2v) is 1.18. The molecule has 0 aromatic carbocycles. The van der Waals surface area contributed by atoms with Gasteiger partial charge in [0, 0.05) is 51.4 Å². The van der Waals surface area contributed by atoms with Gasteiger partial charge in [0.2, 0.25) is 0 Å². The van der Waals surface area contributed by atoms with E-state index in [4.69, 9.17) is 0 Å². The molecule has 0 aliphatic carbocycles. The Kier molecular flexibility index (Phi) is 3.83. The molecule has 0 unspecified atom stereocenters. The molecule has 0 amide bonds. The van der Waals surface area contributed by atoms with Crippen molar-refractivity contribution in [3.8, 4) is 0 Å². The van der Waals surface area contributed by atoms with E-state index >= 15 is 0 Å². The first-order valence-corrected chi connectivity index (χ1v) is 1.81. The molecule has 1 radical (unpaired) electrons. The minimum absolute atomic E-state index is 0. The normalized spacial score (nSPS) is 8.12. The van der Waals surface area contributed by atoms with Crippen LogP contribution in [0.4, 0.5) is 0 Å². The van der Waals surface area contributed by atoms with E-state index in [-0.39, 0.29) is 51.4 Å². The number of rotatable bonds is 0. The van der Waals surface area contributed by atoms with E-state index in [1.807, 2.05) is 0 Å². The van der Waals surface area contributed by atoms with Crippen molar-refractivity contribution >= 4 is 51.4 Å². The molecule has 0 bridgehead atoms. The Morgan fingerprint density at radius 3 is 2.50 bits per heavy atom. The Balaban J connectivity index is 0.000000490. The minimum Gasteiger partial charge on any atom is -0.296 e. The molecule has 0 atom stereocenters. The molecule has 0 fully saturated rings. The van der Waals surface area contributed by atoms with Crippen molar-refractivity contribution in [2.45, 2.75) is 6.92 Å². The van der Waals surface area contributed by atoms with Gasteiger partial charge in [-0.3, -0.25) is 9.51 Å². The maximum atomic E-state index is 10.0. The van der Waals surface area contributed by atoms with Crippen LogP contribution in [0.3, 0.4) is 0 Å². The van der Waals surface area contributed by atoms with Gasteiger partial charge in [0.05, 0.1) is 0 Å². The Hall–Kier alpha value is 0.576. The van der Waals surface area contributed by atoms with E-state index in [0.29, 0.717) is 5.82 Å². The summed E-state index contributed by atoms with van der Waals surface area (Å²) in [5.74, 6) is 0.00231. The third kappa shape index (κ3) is 2.23. The summed E-state index contributed by atoms with van der Waals surface area (Å²) in [7, 11) is 0. The quantitative estimate of drug-likeness (QED) is 0.483. The van der Waals surface area contributed by atoms with Crippen LogP contribution in [-0.4, -0.2) is 61.5 Å². The van der Waals surface area contributed by atoms with Crippen LogP contribution in [0.2, 0.25) is 0 Å². The molecule has 1 aromatic heterocycles. The van der Waals surface area contributed by atoms with Gasteiger partial charge in [0.1, 0.15) is 5.82 Å². The van der Waals surface area contributed by atoms with Crippen LogP contribution in [0.25, 0.3) is 0 Å². The fourth-order valence-corrected chi connectivity index (χ4v) is 0.303. The van der Waals surface area contributed by atoms with E-state index < -0.39 is 5.76 Å². The van der Waals surface area contributed by atoms with Crippen LogP contribution in [0.15, 0.2) is 9.32 Å². The van der Waals surface area contributed by atoms with Crippen LogP contribution in [-0.2, 0) is 0 Å². The maximum absolute atomic E-state index is 10.0. The molecule has 1 heterocycles. The van der Waals surface area contributed by atoms with E-state index in [1.165, 1.54) is 0 Å². The molecule has 1 N–H and O–H groups in total. The predicted molar refractivity (Wildman–Crippen MR) is 27.6 cm³/mol. The number of H-pyrrole nitrogens is 1. The second kappa shape index (κ2) is 3.57. The summed E-state index contributed by atoms with van der Waals surface area (Å²) >= 11 is 0. The Morgan fingerprint density at radius 2 is 2.38 bits per heavy atom. The molecular weight excluding hydrogens is 135 g/mol. The van der Waals surface area contributed by atoms with Gasteiger partial charge in [-0.25, -0.2) is 4.79 Å². The number of nitrogens with zero attached hydrogens (tertiary/aromatic N) is 1. The van der Waals surface area contributed by atoms with Gasteiger partial charge < -0.3 is 0 Å². The number of aromatic nitrogens is 2. The average molecular weight is 139 g/mol. The third-order valence-electron chi connectivity index (χ3n) is 0.548. The smallest absolute Gasteiger partial charge is 0.296 e. The molecule has 39 valence electrons. The zero-order valence-electron chi connectivity index (χ0n) is 4.76. The third-order valence-corrected chi connectivity index (χ3v) is 0.548. The first-order valence-electron chi connectivity index (χ1n) is 1.81. The first-order chi connectivity index (χ1) is 3.29. The van der Waals surface area contributed by atoms with E-state index in [1.54, 1.807) is 6.92 Å². The number of hydrogen-bond acceptors (Lipinski definition) is 3. The second-order valence-electron chi connectivity index (χ2n) is 1.18. The van der Waals surface area contributed by atoms with Crippen molar-refractivity contribution in [1.29, 1.82) is 0 Å². The molecule has 4 nitrogen and oxygen atoms in total. The topological polar surface area (TPSA) is 58.9 Å². The fraction of sp³-hybridized carbons (Fsp3) is 0.333. The number of aromatic amines is 1. The van der Waals surface area contributed by atoms with Gasteiger partial charge in [0.25, 0.3) is 0 Å². The van der Waals surface area contributed by atoms with Crippen molar-refractivity contribution in [2.75, 3.05) is 0 Å². The molecule has 0 spiro atoms. The van der Waals surface area contributed by atoms with Gasteiger partial charge in [-0.2, -0.15) is 0 Å². The van der Waals surface area contributed by atoms with Crippen LogP contribution in [0, 0.1) is 6.92 Å². The summed E-state index contributed by atoms with van der Waals surface area (Å²) in [5, 5.41) is 3.27. The predicted octanol–water partition coefficient (Wildman–Crippen LogP) is -0.709. The summed E-state index contributed by atoms with van der Waals surface area (Å²) in [6.07, 6.45) is 0. The van der Waals surface area contributed by atoms with Crippen LogP contribution < -0.4 is 5.76 Å². The van der Waals surface area contributed by atoms with Crippen molar-refractivity contribution in [1.82, 2.24) is 10.1 Å². The molecule has 1 rings (SSSR count). The summed E-state index contributed by atoms with van der Waals surface area (Å²) in [6.45, 7) is 1.64. The van der Waals surface area contributed by atoms with Crippen LogP contribution in [0.1, 0.15) is 5.82 Å². The number of hydrogen-bond donors (Lipinski definition) is 1. The standard InChI is InChI=1S/C3H4N2O2.K/c1-2-4-3(6)7-5-2;/h1H3,(H,4,5,6);. The minimum atomic E-state index is -0.502. The molecule has 0 aliphatic rings. The van der Waals surface area contributed by atoms with Gasteiger partial charge in [0.15, 0.2) is 0 Å². The van der Waals surface area contributed by atoms with Gasteiger partial charge in [-0.15, -0.1) is 0 Å². The van der Waals surface area contributed by atoms with Gasteiger partial charge in [-0.1, -0.05) is 5.16 Å². The number of aryl methyl sites for hydroxylation is 1. The molecule has 0 aliphatic heterocycles. The zero-order chi connectivity index (χ0) is 5.28. The summed E-state index contributed by atoms with van der Waals surface area (Å²) < 4.78 is 4.10. The Labute approximate surface area is 88.1 Å². The molecule has 5 heteroatoms. The first kappa shape index (κ1) is 8.58.